The molecule has 1 aromatic heterocycles. The second kappa shape index (κ2) is 6.14. The maximum absolute atomic E-state index is 9.00. The lowest BCUT2D eigenvalue weighted by Gasteiger charge is -2.18. The molecule has 2 heterocycles. The fourth-order valence-corrected chi connectivity index (χ4v) is 3.81. The summed E-state index contributed by atoms with van der Waals surface area (Å²) in [7, 11) is 2.23. The average molecular weight is 315 g/mol. The van der Waals surface area contributed by atoms with Gasteiger partial charge in [-0.25, -0.2) is 0 Å². The van der Waals surface area contributed by atoms with Gasteiger partial charge in [0.1, 0.15) is 0 Å². The first-order chi connectivity index (χ1) is 11.8. The summed E-state index contributed by atoms with van der Waals surface area (Å²) in [5.74, 6) is 0. The van der Waals surface area contributed by atoms with Crippen molar-refractivity contribution in [3.05, 3.63) is 65.9 Å². The van der Waals surface area contributed by atoms with Crippen molar-refractivity contribution in [2.24, 2.45) is 0 Å². The molecule has 120 valence electrons. The van der Waals surface area contributed by atoms with Gasteiger partial charge in [0.15, 0.2) is 0 Å². The smallest absolute Gasteiger partial charge is 0.0991 e. The molecule has 0 bridgehead atoms. The van der Waals surface area contributed by atoms with E-state index < -0.39 is 0 Å². The normalized spacial score (nSPS) is 18.1. The quantitative estimate of drug-likeness (QED) is 0.727. The number of likely N-dealkylation sites (N-methyl/N-ethyl adjacent to an activating group) is 1. The maximum Gasteiger partial charge on any atom is 0.0991 e. The van der Waals surface area contributed by atoms with Gasteiger partial charge in [0.05, 0.1) is 17.1 Å². The molecular weight excluding hydrogens is 294 g/mol. The largest absolute Gasteiger partial charge is 0.316 e. The maximum atomic E-state index is 9.00. The van der Waals surface area contributed by atoms with Crippen LogP contribution in [0.25, 0.3) is 16.6 Å². The van der Waals surface area contributed by atoms with Crippen LogP contribution in [0, 0.1) is 11.3 Å². The van der Waals surface area contributed by atoms with Crippen LogP contribution in [0.4, 0.5) is 0 Å². The second-order valence-electron chi connectivity index (χ2n) is 6.68. The standard InChI is InChI=1S/C21H21N3/c1-23-12-4-5-19(23)13-17-15-24(21-7-3-2-6-20(17)21)18-10-8-16(14-22)9-11-18/h2-3,6-11,15,19H,4-5,12-13H2,1H3. The number of hydrogen-bond acceptors (Lipinski definition) is 2. The fourth-order valence-electron chi connectivity index (χ4n) is 3.81. The van der Waals surface area contributed by atoms with Crippen molar-refractivity contribution in [3.63, 3.8) is 0 Å². The van der Waals surface area contributed by atoms with Gasteiger partial charge in [-0.2, -0.15) is 5.26 Å². The molecule has 0 spiro atoms. The topological polar surface area (TPSA) is 32.0 Å². The van der Waals surface area contributed by atoms with Crippen LogP contribution in [0.1, 0.15) is 24.0 Å². The zero-order chi connectivity index (χ0) is 16.5. The molecule has 0 radical (unpaired) electrons. The Kier molecular flexibility index (Phi) is 3.84. The van der Waals surface area contributed by atoms with Crippen LogP contribution in [0.5, 0.6) is 0 Å². The van der Waals surface area contributed by atoms with E-state index in [1.54, 1.807) is 0 Å². The van der Waals surface area contributed by atoms with E-state index in [9.17, 15) is 0 Å². The molecule has 1 aliphatic heterocycles. The van der Waals surface area contributed by atoms with E-state index >= 15 is 0 Å². The van der Waals surface area contributed by atoms with E-state index in [2.05, 4.69) is 53.0 Å². The summed E-state index contributed by atoms with van der Waals surface area (Å²) in [4.78, 5) is 2.48. The first-order valence-electron chi connectivity index (χ1n) is 8.56. The molecule has 3 aromatic rings. The molecule has 0 aliphatic carbocycles. The summed E-state index contributed by atoms with van der Waals surface area (Å²) < 4.78 is 2.25. The Morgan fingerprint density at radius 2 is 1.92 bits per heavy atom. The lowest BCUT2D eigenvalue weighted by Crippen LogP contribution is -2.26. The van der Waals surface area contributed by atoms with E-state index in [4.69, 9.17) is 5.26 Å². The molecule has 1 saturated heterocycles. The Bertz CT molecular complexity index is 899. The number of nitrogens with zero attached hydrogens (tertiary/aromatic N) is 3. The molecule has 4 rings (SSSR count). The summed E-state index contributed by atoms with van der Waals surface area (Å²) in [6, 6.07) is 19.3. The highest BCUT2D eigenvalue weighted by Gasteiger charge is 2.22. The summed E-state index contributed by atoms with van der Waals surface area (Å²) in [6.07, 6.45) is 5.96. The zero-order valence-corrected chi connectivity index (χ0v) is 13.9. The first-order valence-corrected chi connectivity index (χ1v) is 8.56. The van der Waals surface area contributed by atoms with E-state index in [1.807, 2.05) is 24.3 Å². The number of para-hydroxylation sites is 1. The minimum Gasteiger partial charge on any atom is -0.316 e. The van der Waals surface area contributed by atoms with E-state index in [1.165, 1.54) is 35.9 Å². The van der Waals surface area contributed by atoms with Crippen LogP contribution in [-0.2, 0) is 6.42 Å². The summed E-state index contributed by atoms with van der Waals surface area (Å²) in [6.45, 7) is 1.21. The van der Waals surface area contributed by atoms with Gasteiger partial charge >= 0.3 is 0 Å². The number of nitriles is 1. The summed E-state index contributed by atoms with van der Waals surface area (Å²) in [5, 5.41) is 10.3. The summed E-state index contributed by atoms with van der Waals surface area (Å²) in [5.41, 5.74) is 4.45. The van der Waals surface area contributed by atoms with Gasteiger partial charge in [-0.15, -0.1) is 0 Å². The number of fused-ring (bicyclic) bond motifs is 1. The Hall–Kier alpha value is -2.57. The van der Waals surface area contributed by atoms with Gasteiger partial charge < -0.3 is 9.47 Å². The van der Waals surface area contributed by atoms with Crippen molar-refractivity contribution < 1.29 is 0 Å². The molecule has 1 aliphatic rings. The highest BCUT2D eigenvalue weighted by Crippen LogP contribution is 2.28. The van der Waals surface area contributed by atoms with Gasteiger partial charge in [-0.3, -0.25) is 0 Å². The number of likely N-dealkylation sites (tertiary alicyclic amines) is 1. The Labute approximate surface area is 142 Å². The number of hydrogen-bond donors (Lipinski definition) is 0. The van der Waals surface area contributed by atoms with Gasteiger partial charge in [0.25, 0.3) is 0 Å². The molecule has 1 fully saturated rings. The highest BCUT2D eigenvalue weighted by molar-refractivity contribution is 5.85. The van der Waals surface area contributed by atoms with Gasteiger partial charge in [0, 0.05) is 23.3 Å². The molecule has 1 atom stereocenters. The molecular formula is C21H21N3. The minimum atomic E-state index is 0.644. The molecule has 24 heavy (non-hydrogen) atoms. The van der Waals surface area contributed by atoms with E-state index in [0.29, 0.717) is 11.6 Å². The molecule has 3 heteroatoms. The van der Waals surface area contributed by atoms with Crippen molar-refractivity contribution in [2.75, 3.05) is 13.6 Å². The third kappa shape index (κ3) is 2.60. The van der Waals surface area contributed by atoms with Crippen LogP contribution in [0.2, 0.25) is 0 Å². The zero-order valence-electron chi connectivity index (χ0n) is 13.9. The van der Waals surface area contributed by atoms with Crippen LogP contribution in [0.3, 0.4) is 0 Å². The first kappa shape index (κ1) is 15.0. The predicted molar refractivity (Wildman–Crippen MR) is 97.3 cm³/mol. The SMILES string of the molecule is CN1CCCC1Cc1cn(-c2ccc(C#N)cc2)c2ccccc12. The molecule has 1 unspecified atom stereocenters. The Morgan fingerprint density at radius 3 is 2.62 bits per heavy atom. The molecule has 0 saturated carbocycles. The average Bonchev–Trinajstić information content (AvgIpc) is 3.20. The molecule has 0 N–H and O–H groups in total. The van der Waals surface area contributed by atoms with E-state index in [-0.39, 0.29) is 0 Å². The van der Waals surface area contributed by atoms with Crippen molar-refractivity contribution in [2.45, 2.75) is 25.3 Å². The minimum absolute atomic E-state index is 0.644. The van der Waals surface area contributed by atoms with Crippen molar-refractivity contribution in [3.8, 4) is 11.8 Å². The van der Waals surface area contributed by atoms with Crippen molar-refractivity contribution in [1.82, 2.24) is 9.47 Å². The van der Waals surface area contributed by atoms with Crippen LogP contribution >= 0.6 is 0 Å². The monoisotopic (exact) mass is 315 g/mol. The van der Waals surface area contributed by atoms with Gasteiger partial charge in [-0.1, -0.05) is 18.2 Å². The Balaban J connectivity index is 1.77. The van der Waals surface area contributed by atoms with Crippen LogP contribution < -0.4 is 0 Å². The molecule has 3 nitrogen and oxygen atoms in total. The predicted octanol–water partition coefficient (Wildman–Crippen LogP) is 4.14. The van der Waals surface area contributed by atoms with Crippen LogP contribution in [0.15, 0.2) is 54.7 Å². The third-order valence-corrected chi connectivity index (χ3v) is 5.20. The number of benzene rings is 2. The lowest BCUT2D eigenvalue weighted by molar-refractivity contribution is 0.310. The molecule has 2 aromatic carbocycles. The van der Waals surface area contributed by atoms with Crippen LogP contribution in [-0.4, -0.2) is 29.1 Å². The highest BCUT2D eigenvalue weighted by atomic mass is 15.1. The number of aromatic nitrogens is 1. The second-order valence-corrected chi connectivity index (χ2v) is 6.68. The third-order valence-electron chi connectivity index (χ3n) is 5.20. The Morgan fingerprint density at radius 1 is 1.12 bits per heavy atom. The van der Waals surface area contributed by atoms with E-state index in [0.717, 1.165) is 12.1 Å². The molecule has 0 amide bonds. The van der Waals surface area contributed by atoms with Gasteiger partial charge in [-0.05, 0) is 68.8 Å². The lowest BCUT2D eigenvalue weighted by atomic mass is 10.0. The van der Waals surface area contributed by atoms with Crippen molar-refractivity contribution in [1.29, 1.82) is 5.26 Å². The summed E-state index contributed by atoms with van der Waals surface area (Å²) >= 11 is 0. The van der Waals surface area contributed by atoms with Gasteiger partial charge in [0.2, 0.25) is 0 Å². The van der Waals surface area contributed by atoms with Crippen molar-refractivity contribution >= 4 is 10.9 Å². The fraction of sp³-hybridized carbons (Fsp3) is 0.286. The number of rotatable bonds is 3.